The summed E-state index contributed by atoms with van der Waals surface area (Å²) < 4.78 is 0. The SMILES string of the molecule is CON=C(CN1C(=O)c2ccccc2C1=O)C(C)CN1C(=O)c2ccccc2C1=O. The first kappa shape index (κ1) is 19.5. The Balaban J connectivity index is 1.53. The Morgan fingerprint density at radius 2 is 1.20 bits per heavy atom. The van der Waals surface area contributed by atoms with Crippen molar-refractivity contribution in [2.75, 3.05) is 20.2 Å². The van der Waals surface area contributed by atoms with E-state index in [0.717, 1.165) is 9.80 Å². The molecule has 0 aromatic heterocycles. The predicted molar refractivity (Wildman–Crippen MR) is 107 cm³/mol. The predicted octanol–water partition coefficient (Wildman–Crippen LogP) is 2.22. The maximum absolute atomic E-state index is 12.7. The number of nitrogens with zero attached hydrogens (tertiary/aromatic N) is 3. The molecule has 0 saturated heterocycles. The van der Waals surface area contributed by atoms with Gasteiger partial charge in [0.15, 0.2) is 0 Å². The molecule has 1 unspecified atom stereocenters. The van der Waals surface area contributed by atoms with E-state index in [1.807, 2.05) is 0 Å². The minimum absolute atomic E-state index is 0.0533. The normalized spacial score (nSPS) is 16.8. The number of imide groups is 2. The van der Waals surface area contributed by atoms with Crippen LogP contribution in [-0.4, -0.2) is 59.3 Å². The Kier molecular flexibility index (Phi) is 4.91. The summed E-state index contributed by atoms with van der Waals surface area (Å²) in [5, 5.41) is 3.98. The van der Waals surface area contributed by atoms with Crippen molar-refractivity contribution in [2.24, 2.45) is 11.1 Å². The zero-order chi connectivity index (χ0) is 21.4. The van der Waals surface area contributed by atoms with Gasteiger partial charge in [-0.05, 0) is 24.3 Å². The van der Waals surface area contributed by atoms with Crippen molar-refractivity contribution in [3.8, 4) is 0 Å². The van der Waals surface area contributed by atoms with E-state index in [9.17, 15) is 19.2 Å². The van der Waals surface area contributed by atoms with Crippen LogP contribution in [-0.2, 0) is 4.84 Å². The zero-order valence-corrected chi connectivity index (χ0v) is 16.5. The lowest BCUT2D eigenvalue weighted by molar-refractivity contribution is 0.0627. The second-order valence-electron chi connectivity index (χ2n) is 7.17. The molecule has 0 aliphatic carbocycles. The van der Waals surface area contributed by atoms with Gasteiger partial charge in [0.1, 0.15) is 7.11 Å². The number of benzene rings is 2. The molecule has 0 saturated carbocycles. The van der Waals surface area contributed by atoms with Gasteiger partial charge in [0.25, 0.3) is 23.6 Å². The highest BCUT2D eigenvalue weighted by Crippen LogP contribution is 2.25. The monoisotopic (exact) mass is 405 g/mol. The minimum Gasteiger partial charge on any atom is -0.399 e. The Bertz CT molecular complexity index is 1040. The number of rotatable bonds is 6. The van der Waals surface area contributed by atoms with E-state index in [4.69, 9.17) is 4.84 Å². The van der Waals surface area contributed by atoms with E-state index in [-0.39, 0.29) is 24.9 Å². The highest BCUT2D eigenvalue weighted by atomic mass is 16.6. The van der Waals surface area contributed by atoms with E-state index in [2.05, 4.69) is 5.16 Å². The summed E-state index contributed by atoms with van der Waals surface area (Å²) in [6, 6.07) is 13.2. The van der Waals surface area contributed by atoms with Gasteiger partial charge in [-0.15, -0.1) is 0 Å². The van der Waals surface area contributed by atoms with Crippen molar-refractivity contribution >= 4 is 29.3 Å². The number of oxime groups is 1. The molecule has 0 spiro atoms. The highest BCUT2D eigenvalue weighted by Gasteiger charge is 2.39. The molecule has 0 N–H and O–H groups in total. The van der Waals surface area contributed by atoms with Crippen LogP contribution in [0.15, 0.2) is 53.7 Å². The lowest BCUT2D eigenvalue weighted by Crippen LogP contribution is -2.41. The summed E-state index contributed by atoms with van der Waals surface area (Å²) in [6.07, 6.45) is 0. The van der Waals surface area contributed by atoms with E-state index < -0.39 is 17.7 Å². The van der Waals surface area contributed by atoms with Crippen LogP contribution in [0.1, 0.15) is 48.4 Å². The zero-order valence-electron chi connectivity index (χ0n) is 16.5. The van der Waals surface area contributed by atoms with Crippen molar-refractivity contribution in [3.63, 3.8) is 0 Å². The van der Waals surface area contributed by atoms with Crippen molar-refractivity contribution in [1.29, 1.82) is 0 Å². The first-order valence-electron chi connectivity index (χ1n) is 9.44. The third-order valence-corrected chi connectivity index (χ3v) is 5.31. The summed E-state index contributed by atoms with van der Waals surface area (Å²) in [5.74, 6) is -2.00. The third-order valence-electron chi connectivity index (χ3n) is 5.31. The second kappa shape index (κ2) is 7.55. The Morgan fingerprint density at radius 1 is 0.800 bits per heavy atom. The topological polar surface area (TPSA) is 96.3 Å². The standard InChI is InChI=1S/C22H19N3O5/c1-13(11-24-19(26)14-7-3-4-8-15(14)20(24)27)18(23-30-2)12-25-21(28)16-9-5-6-10-17(16)22(25)29/h3-10,13H,11-12H2,1-2H3. The van der Waals surface area contributed by atoms with Crippen LogP contribution in [0.2, 0.25) is 0 Å². The van der Waals surface area contributed by atoms with Gasteiger partial charge in [-0.3, -0.25) is 29.0 Å². The fraction of sp³-hybridized carbons (Fsp3) is 0.227. The van der Waals surface area contributed by atoms with Crippen LogP contribution in [0.4, 0.5) is 0 Å². The molecule has 2 aromatic carbocycles. The van der Waals surface area contributed by atoms with Crippen LogP contribution < -0.4 is 0 Å². The van der Waals surface area contributed by atoms with E-state index in [0.29, 0.717) is 28.0 Å². The number of hydrogen-bond acceptors (Lipinski definition) is 6. The molecule has 2 aliphatic rings. The van der Waals surface area contributed by atoms with Crippen LogP contribution in [0.5, 0.6) is 0 Å². The van der Waals surface area contributed by atoms with Crippen LogP contribution in [0, 0.1) is 5.92 Å². The van der Waals surface area contributed by atoms with Gasteiger partial charge < -0.3 is 4.84 Å². The van der Waals surface area contributed by atoms with Crippen molar-refractivity contribution in [2.45, 2.75) is 6.92 Å². The molecular weight excluding hydrogens is 386 g/mol. The average Bonchev–Trinajstić information content (AvgIpc) is 3.14. The van der Waals surface area contributed by atoms with E-state index >= 15 is 0 Å². The molecule has 8 heteroatoms. The molecule has 1 atom stereocenters. The molecule has 0 radical (unpaired) electrons. The second-order valence-corrected chi connectivity index (χ2v) is 7.17. The Hall–Kier alpha value is -3.81. The van der Waals surface area contributed by atoms with Gasteiger partial charge in [0.05, 0.1) is 34.5 Å². The van der Waals surface area contributed by atoms with Crippen molar-refractivity contribution in [3.05, 3.63) is 70.8 Å². The smallest absolute Gasteiger partial charge is 0.261 e. The fourth-order valence-corrected chi connectivity index (χ4v) is 3.72. The summed E-state index contributed by atoms with van der Waals surface area (Å²) in [4.78, 5) is 57.8. The van der Waals surface area contributed by atoms with Gasteiger partial charge in [-0.25, -0.2) is 0 Å². The Labute approximate surface area is 172 Å². The van der Waals surface area contributed by atoms with E-state index in [1.54, 1.807) is 55.5 Å². The van der Waals surface area contributed by atoms with Crippen molar-refractivity contribution in [1.82, 2.24) is 9.80 Å². The molecular formula is C22H19N3O5. The average molecular weight is 405 g/mol. The number of carbonyl (C=O) groups is 4. The quantitative estimate of drug-likeness (QED) is 0.417. The molecule has 152 valence electrons. The minimum atomic E-state index is -0.434. The molecule has 0 fully saturated rings. The van der Waals surface area contributed by atoms with E-state index in [1.165, 1.54) is 7.11 Å². The molecule has 8 nitrogen and oxygen atoms in total. The number of carbonyl (C=O) groups excluding carboxylic acids is 4. The number of amides is 4. The Morgan fingerprint density at radius 3 is 1.60 bits per heavy atom. The lowest BCUT2D eigenvalue weighted by atomic mass is 10.0. The molecule has 30 heavy (non-hydrogen) atoms. The summed E-state index contributed by atoms with van der Waals surface area (Å²) >= 11 is 0. The van der Waals surface area contributed by atoms with Gasteiger partial charge in [0, 0.05) is 12.5 Å². The van der Waals surface area contributed by atoms with Gasteiger partial charge in [0.2, 0.25) is 0 Å². The summed E-state index contributed by atoms with van der Waals surface area (Å²) in [7, 11) is 1.36. The van der Waals surface area contributed by atoms with Crippen LogP contribution >= 0.6 is 0 Å². The molecule has 4 rings (SSSR count). The lowest BCUT2D eigenvalue weighted by Gasteiger charge is -2.23. The summed E-state index contributed by atoms with van der Waals surface area (Å²) in [6.45, 7) is 1.72. The molecule has 2 heterocycles. The first-order valence-corrected chi connectivity index (χ1v) is 9.44. The maximum atomic E-state index is 12.7. The number of fused-ring (bicyclic) bond motifs is 2. The van der Waals surface area contributed by atoms with Crippen LogP contribution in [0.25, 0.3) is 0 Å². The number of hydrogen-bond donors (Lipinski definition) is 0. The van der Waals surface area contributed by atoms with Crippen LogP contribution in [0.3, 0.4) is 0 Å². The molecule has 4 amide bonds. The fourth-order valence-electron chi connectivity index (χ4n) is 3.72. The largest absolute Gasteiger partial charge is 0.399 e. The molecule has 2 aromatic rings. The van der Waals surface area contributed by atoms with Gasteiger partial charge in [-0.2, -0.15) is 0 Å². The molecule has 2 aliphatic heterocycles. The molecule has 0 bridgehead atoms. The summed E-state index contributed by atoms with van der Waals surface area (Å²) in [5.41, 5.74) is 1.78. The van der Waals surface area contributed by atoms with Crippen molar-refractivity contribution < 1.29 is 24.0 Å². The third kappa shape index (κ3) is 3.06. The van der Waals surface area contributed by atoms with Gasteiger partial charge in [-0.1, -0.05) is 36.3 Å². The maximum Gasteiger partial charge on any atom is 0.261 e. The first-order chi connectivity index (χ1) is 14.4. The highest BCUT2D eigenvalue weighted by molar-refractivity contribution is 6.23. The van der Waals surface area contributed by atoms with Gasteiger partial charge >= 0.3 is 0 Å².